The summed E-state index contributed by atoms with van der Waals surface area (Å²) in [5.74, 6) is -0.789. The Labute approximate surface area is 92.7 Å². The summed E-state index contributed by atoms with van der Waals surface area (Å²) in [7, 11) is 0. The molecule has 1 aromatic rings. The van der Waals surface area contributed by atoms with Crippen LogP contribution in [0.5, 0.6) is 0 Å². The molecule has 1 fully saturated rings. The fourth-order valence-electron chi connectivity index (χ4n) is 1.58. The van der Waals surface area contributed by atoms with E-state index in [0.29, 0.717) is 18.7 Å². The molecule has 1 aliphatic rings. The first kappa shape index (κ1) is 10.9. The number of nitrogen functional groups attached to an aromatic ring is 1. The van der Waals surface area contributed by atoms with Gasteiger partial charge in [-0.3, -0.25) is 9.63 Å². The number of hydrogen-bond acceptors (Lipinski definition) is 3. The lowest BCUT2D eigenvalue weighted by Gasteiger charge is -2.25. The predicted molar refractivity (Wildman–Crippen MR) is 57.0 cm³/mol. The SMILES string of the molecule is Nc1cc(C(=O)N2CCCCO2)ccc1F. The normalized spacial score (nSPS) is 16.2. The van der Waals surface area contributed by atoms with Gasteiger partial charge in [-0.05, 0) is 31.0 Å². The number of nitrogens with zero attached hydrogens (tertiary/aromatic N) is 1. The van der Waals surface area contributed by atoms with Crippen molar-refractivity contribution < 1.29 is 14.0 Å². The van der Waals surface area contributed by atoms with E-state index in [4.69, 9.17) is 10.6 Å². The van der Waals surface area contributed by atoms with Crippen LogP contribution in [0.4, 0.5) is 10.1 Å². The van der Waals surface area contributed by atoms with E-state index in [-0.39, 0.29) is 11.6 Å². The monoisotopic (exact) mass is 224 g/mol. The third kappa shape index (κ3) is 2.14. The molecule has 0 aromatic heterocycles. The second-order valence-corrected chi connectivity index (χ2v) is 3.68. The van der Waals surface area contributed by atoms with Gasteiger partial charge in [-0.1, -0.05) is 0 Å². The van der Waals surface area contributed by atoms with Crippen LogP contribution >= 0.6 is 0 Å². The maximum atomic E-state index is 12.9. The molecular formula is C11H13FN2O2. The molecule has 0 unspecified atom stereocenters. The van der Waals surface area contributed by atoms with E-state index in [2.05, 4.69) is 0 Å². The third-order valence-corrected chi connectivity index (χ3v) is 2.47. The highest BCUT2D eigenvalue weighted by molar-refractivity contribution is 5.94. The summed E-state index contributed by atoms with van der Waals surface area (Å²) < 4.78 is 12.9. The van der Waals surface area contributed by atoms with E-state index >= 15 is 0 Å². The molecule has 2 rings (SSSR count). The van der Waals surface area contributed by atoms with Gasteiger partial charge < -0.3 is 5.73 Å². The second-order valence-electron chi connectivity index (χ2n) is 3.68. The van der Waals surface area contributed by atoms with Crippen molar-refractivity contribution in [1.29, 1.82) is 0 Å². The average Bonchev–Trinajstić information content (AvgIpc) is 2.33. The molecule has 0 radical (unpaired) electrons. The second kappa shape index (κ2) is 4.49. The lowest BCUT2D eigenvalue weighted by Crippen LogP contribution is -2.35. The summed E-state index contributed by atoms with van der Waals surface area (Å²) in [6.07, 6.45) is 1.87. The molecule has 1 saturated heterocycles. The number of rotatable bonds is 1. The average molecular weight is 224 g/mol. The zero-order chi connectivity index (χ0) is 11.5. The third-order valence-electron chi connectivity index (χ3n) is 2.47. The van der Waals surface area contributed by atoms with Gasteiger partial charge in [-0.15, -0.1) is 0 Å². The van der Waals surface area contributed by atoms with E-state index in [1.807, 2.05) is 0 Å². The van der Waals surface area contributed by atoms with Crippen LogP contribution in [0, 0.1) is 5.82 Å². The number of anilines is 1. The highest BCUT2D eigenvalue weighted by Crippen LogP contribution is 2.16. The first-order valence-electron chi connectivity index (χ1n) is 5.18. The number of carbonyl (C=O) groups is 1. The molecule has 0 saturated carbocycles. The van der Waals surface area contributed by atoms with Gasteiger partial charge >= 0.3 is 0 Å². The van der Waals surface area contributed by atoms with E-state index in [0.717, 1.165) is 12.8 Å². The van der Waals surface area contributed by atoms with Crippen LogP contribution in [0.1, 0.15) is 23.2 Å². The Hall–Kier alpha value is -1.62. The Balaban J connectivity index is 2.16. The fourth-order valence-corrected chi connectivity index (χ4v) is 1.58. The molecule has 1 aliphatic heterocycles. The van der Waals surface area contributed by atoms with Crippen LogP contribution in [0.15, 0.2) is 18.2 Å². The van der Waals surface area contributed by atoms with Crippen molar-refractivity contribution in [3.63, 3.8) is 0 Å². The van der Waals surface area contributed by atoms with Crippen molar-refractivity contribution in [2.24, 2.45) is 0 Å². The van der Waals surface area contributed by atoms with E-state index in [9.17, 15) is 9.18 Å². The van der Waals surface area contributed by atoms with Crippen molar-refractivity contribution in [3.8, 4) is 0 Å². The number of carbonyl (C=O) groups excluding carboxylic acids is 1. The number of amides is 1. The summed E-state index contributed by atoms with van der Waals surface area (Å²) in [6.45, 7) is 1.11. The van der Waals surface area contributed by atoms with Crippen LogP contribution in [0.25, 0.3) is 0 Å². The molecule has 86 valence electrons. The lowest BCUT2D eigenvalue weighted by molar-refractivity contribution is -0.144. The van der Waals surface area contributed by atoms with E-state index in [1.165, 1.54) is 23.3 Å². The zero-order valence-electron chi connectivity index (χ0n) is 8.78. The van der Waals surface area contributed by atoms with Crippen LogP contribution in [-0.4, -0.2) is 24.1 Å². The number of hydroxylamine groups is 2. The summed E-state index contributed by atoms with van der Waals surface area (Å²) >= 11 is 0. The molecule has 0 atom stereocenters. The molecule has 1 heterocycles. The zero-order valence-corrected chi connectivity index (χ0v) is 8.78. The van der Waals surface area contributed by atoms with Crippen molar-refractivity contribution in [2.45, 2.75) is 12.8 Å². The van der Waals surface area contributed by atoms with Crippen LogP contribution in [-0.2, 0) is 4.84 Å². The smallest absolute Gasteiger partial charge is 0.277 e. The van der Waals surface area contributed by atoms with Gasteiger partial charge in [-0.25, -0.2) is 9.45 Å². The molecule has 16 heavy (non-hydrogen) atoms. The van der Waals surface area contributed by atoms with Crippen molar-refractivity contribution in [1.82, 2.24) is 5.06 Å². The van der Waals surface area contributed by atoms with Gasteiger partial charge in [0, 0.05) is 12.1 Å². The molecule has 5 heteroatoms. The number of nitrogens with two attached hydrogens (primary N) is 1. The van der Waals surface area contributed by atoms with Gasteiger partial charge in [-0.2, -0.15) is 0 Å². The molecular weight excluding hydrogens is 211 g/mol. The van der Waals surface area contributed by atoms with Gasteiger partial charge in [0.2, 0.25) is 0 Å². The number of benzene rings is 1. The van der Waals surface area contributed by atoms with Gasteiger partial charge in [0.25, 0.3) is 5.91 Å². The van der Waals surface area contributed by atoms with Crippen molar-refractivity contribution in [3.05, 3.63) is 29.6 Å². The fraction of sp³-hybridized carbons (Fsp3) is 0.364. The maximum Gasteiger partial charge on any atom is 0.277 e. The van der Waals surface area contributed by atoms with E-state index < -0.39 is 5.82 Å². The Morgan fingerprint density at radius 3 is 2.88 bits per heavy atom. The van der Waals surface area contributed by atoms with Crippen LogP contribution in [0.2, 0.25) is 0 Å². The number of halogens is 1. The molecule has 0 aliphatic carbocycles. The maximum absolute atomic E-state index is 12.9. The highest BCUT2D eigenvalue weighted by Gasteiger charge is 2.19. The first-order valence-corrected chi connectivity index (χ1v) is 5.18. The Kier molecular flexibility index (Phi) is 3.05. The van der Waals surface area contributed by atoms with Gasteiger partial charge in [0.15, 0.2) is 0 Å². The standard InChI is InChI=1S/C11H13FN2O2/c12-9-4-3-8(7-10(9)13)11(15)14-5-1-2-6-16-14/h3-4,7H,1-2,5-6,13H2. The lowest BCUT2D eigenvalue weighted by atomic mass is 10.1. The van der Waals surface area contributed by atoms with Crippen molar-refractivity contribution in [2.75, 3.05) is 18.9 Å². The molecule has 2 N–H and O–H groups in total. The minimum Gasteiger partial charge on any atom is -0.396 e. The van der Waals surface area contributed by atoms with Gasteiger partial charge in [0.1, 0.15) is 5.82 Å². The molecule has 0 bridgehead atoms. The van der Waals surface area contributed by atoms with Crippen LogP contribution < -0.4 is 5.73 Å². The van der Waals surface area contributed by atoms with Crippen LogP contribution in [0.3, 0.4) is 0 Å². The van der Waals surface area contributed by atoms with Crippen molar-refractivity contribution >= 4 is 11.6 Å². The highest BCUT2D eigenvalue weighted by atomic mass is 19.1. The molecule has 0 spiro atoms. The summed E-state index contributed by atoms with van der Waals surface area (Å²) in [6, 6.07) is 3.92. The Bertz CT molecular complexity index is 403. The quantitative estimate of drug-likeness (QED) is 0.737. The summed E-state index contributed by atoms with van der Waals surface area (Å²) in [5, 5.41) is 1.30. The minimum atomic E-state index is -0.517. The molecule has 1 amide bonds. The molecule has 4 nitrogen and oxygen atoms in total. The Morgan fingerprint density at radius 2 is 2.25 bits per heavy atom. The molecule has 1 aromatic carbocycles. The largest absolute Gasteiger partial charge is 0.396 e. The minimum absolute atomic E-state index is 0.0251. The predicted octanol–water partition coefficient (Wildman–Crippen LogP) is 1.58. The summed E-state index contributed by atoms with van der Waals surface area (Å²) in [5.41, 5.74) is 5.72. The Morgan fingerprint density at radius 1 is 1.44 bits per heavy atom. The first-order chi connectivity index (χ1) is 7.68. The summed E-state index contributed by atoms with van der Waals surface area (Å²) in [4.78, 5) is 17.1. The van der Waals surface area contributed by atoms with E-state index in [1.54, 1.807) is 0 Å². The number of hydrogen-bond donors (Lipinski definition) is 1. The topological polar surface area (TPSA) is 55.6 Å². The van der Waals surface area contributed by atoms with Gasteiger partial charge in [0.05, 0.1) is 12.3 Å².